The Morgan fingerprint density at radius 2 is 2.05 bits per heavy atom. The third-order valence-corrected chi connectivity index (χ3v) is 7.08. The first kappa shape index (κ1) is 26.8. The predicted octanol–water partition coefficient (Wildman–Crippen LogP) is 3.38. The molecule has 1 fully saturated rings. The fraction of sp³-hybridized carbons (Fsp3) is 0.464. The minimum absolute atomic E-state index is 0.0467. The third kappa shape index (κ3) is 5.67. The Morgan fingerprint density at radius 1 is 1.30 bits per heavy atom. The summed E-state index contributed by atoms with van der Waals surface area (Å²) in [5.74, 6) is 0.480. The van der Waals surface area contributed by atoms with Crippen molar-refractivity contribution in [2.75, 3.05) is 38.2 Å². The van der Waals surface area contributed by atoms with Crippen molar-refractivity contribution in [3.63, 3.8) is 0 Å². The number of hydrogen-bond donors (Lipinski definition) is 3. The first-order valence-corrected chi connectivity index (χ1v) is 12.7. The summed E-state index contributed by atoms with van der Waals surface area (Å²) in [6.07, 6.45) is 6.98. The van der Waals surface area contributed by atoms with Crippen LogP contribution in [-0.2, 0) is 4.79 Å². The number of halogens is 1. The number of hydrogen-bond acceptors (Lipinski definition) is 8. The highest BCUT2D eigenvalue weighted by molar-refractivity contribution is 6.20. The molecule has 1 aromatic heterocycles. The number of allylic oxidation sites excluding steroid dienone is 4. The minimum atomic E-state index is -0.712. The number of Topliss-reactive ketones (excluding diaryl/α,β-unsaturated/α-hetero) is 1. The molecular formula is C28H36FN5O3. The summed E-state index contributed by atoms with van der Waals surface area (Å²) in [5.41, 5.74) is 8.29. The molecule has 0 bridgehead atoms. The van der Waals surface area contributed by atoms with Gasteiger partial charge < -0.3 is 25.8 Å². The molecule has 0 amide bonds. The lowest BCUT2D eigenvalue weighted by Gasteiger charge is -2.52. The topological polar surface area (TPSA) is 114 Å². The molecule has 1 saturated heterocycles. The van der Waals surface area contributed by atoms with E-state index in [4.69, 9.17) is 15.5 Å². The maximum absolute atomic E-state index is 15.1. The number of ketones is 1. The number of likely N-dealkylation sites (N-methyl/N-ethyl adjacent to an activating group) is 1. The van der Waals surface area contributed by atoms with E-state index < -0.39 is 11.9 Å². The summed E-state index contributed by atoms with van der Waals surface area (Å²) in [4.78, 5) is 24.2. The molecule has 0 unspecified atom stereocenters. The summed E-state index contributed by atoms with van der Waals surface area (Å²) in [6.45, 7) is 7.08. The van der Waals surface area contributed by atoms with Gasteiger partial charge in [-0.1, -0.05) is 12.2 Å². The van der Waals surface area contributed by atoms with Gasteiger partial charge in [0.2, 0.25) is 0 Å². The smallest absolute Gasteiger partial charge is 0.165 e. The molecule has 2 heterocycles. The Bertz CT molecular complexity index is 1230. The highest BCUT2D eigenvalue weighted by Crippen LogP contribution is 2.44. The van der Waals surface area contributed by atoms with Crippen LogP contribution in [0.15, 0.2) is 36.0 Å². The number of anilines is 1. The van der Waals surface area contributed by atoms with Gasteiger partial charge in [0.1, 0.15) is 30.1 Å². The minimum Gasteiger partial charge on any atom is -0.491 e. The highest BCUT2D eigenvalue weighted by atomic mass is 19.1. The van der Waals surface area contributed by atoms with Crippen molar-refractivity contribution in [3.8, 4) is 17.1 Å². The Hall–Kier alpha value is -3.30. The van der Waals surface area contributed by atoms with Gasteiger partial charge in [-0.3, -0.25) is 4.79 Å². The van der Waals surface area contributed by atoms with E-state index in [9.17, 15) is 9.90 Å². The first-order chi connectivity index (χ1) is 17.6. The molecule has 4 N–H and O–H groups in total. The summed E-state index contributed by atoms with van der Waals surface area (Å²) in [5, 5.41) is 12.9. The average Bonchev–Trinajstić information content (AvgIpc) is 2.83. The van der Waals surface area contributed by atoms with Gasteiger partial charge in [0.15, 0.2) is 11.6 Å². The molecule has 2 aliphatic rings. The standard InChI is InChI=1S/C28H36FN5O3/c1-17-25(24(18(2)30)19(3)35)32-26(33-27(17)34-15-28(16-34)10-6-5-7-11-28)22-12-21(8-9-23(22)29)37-14-20(36)13-31-4/h5-6,8-9,12,20,31,36H,7,10-11,13-16,30H2,1-4H3/t20-/m1/s1. The maximum Gasteiger partial charge on any atom is 0.165 e. The molecule has 37 heavy (non-hydrogen) atoms. The molecule has 1 atom stereocenters. The van der Waals surface area contributed by atoms with Gasteiger partial charge in [-0.2, -0.15) is 0 Å². The number of ether oxygens (including phenoxy) is 1. The normalized spacial score (nSPS) is 17.8. The van der Waals surface area contributed by atoms with Gasteiger partial charge in [-0.15, -0.1) is 0 Å². The van der Waals surface area contributed by atoms with Crippen molar-refractivity contribution < 1.29 is 19.0 Å². The second-order valence-electron chi connectivity index (χ2n) is 10.2. The van der Waals surface area contributed by atoms with E-state index in [1.165, 1.54) is 25.1 Å². The van der Waals surface area contributed by atoms with Crippen molar-refractivity contribution in [1.82, 2.24) is 15.3 Å². The van der Waals surface area contributed by atoms with Crippen LogP contribution in [0.2, 0.25) is 0 Å². The van der Waals surface area contributed by atoms with E-state index >= 15 is 4.39 Å². The van der Waals surface area contributed by atoms with Gasteiger partial charge in [0.05, 0.1) is 16.8 Å². The molecule has 1 spiro atoms. The fourth-order valence-corrected chi connectivity index (χ4v) is 5.20. The van der Waals surface area contributed by atoms with Gasteiger partial charge in [0.25, 0.3) is 0 Å². The van der Waals surface area contributed by atoms with Crippen LogP contribution in [0.1, 0.15) is 44.4 Å². The Morgan fingerprint density at radius 3 is 2.68 bits per heavy atom. The van der Waals surface area contributed by atoms with Crippen molar-refractivity contribution in [3.05, 3.63) is 53.1 Å². The van der Waals surface area contributed by atoms with Crippen LogP contribution >= 0.6 is 0 Å². The lowest BCUT2D eigenvalue weighted by atomic mass is 9.71. The number of nitrogens with one attached hydrogen (secondary N) is 1. The lowest BCUT2D eigenvalue weighted by molar-refractivity contribution is -0.111. The van der Waals surface area contributed by atoms with Gasteiger partial charge in [-0.05, 0) is 65.3 Å². The van der Waals surface area contributed by atoms with Crippen molar-refractivity contribution >= 4 is 17.2 Å². The monoisotopic (exact) mass is 509 g/mol. The lowest BCUT2D eigenvalue weighted by Crippen LogP contribution is -2.57. The van der Waals surface area contributed by atoms with Crippen LogP contribution in [-0.4, -0.2) is 60.3 Å². The maximum atomic E-state index is 15.1. The van der Waals surface area contributed by atoms with Crippen molar-refractivity contribution in [1.29, 1.82) is 0 Å². The zero-order valence-corrected chi connectivity index (χ0v) is 22.0. The number of rotatable bonds is 9. The summed E-state index contributed by atoms with van der Waals surface area (Å²) < 4.78 is 20.8. The molecule has 1 aromatic carbocycles. The van der Waals surface area contributed by atoms with Crippen LogP contribution in [0.3, 0.4) is 0 Å². The van der Waals surface area contributed by atoms with Gasteiger partial charge in [0, 0.05) is 36.3 Å². The second kappa shape index (κ2) is 11.0. The van der Waals surface area contributed by atoms with Crippen molar-refractivity contribution in [2.45, 2.75) is 46.1 Å². The molecule has 8 nitrogen and oxygen atoms in total. The Labute approximate surface area is 217 Å². The number of aromatic nitrogens is 2. The number of aliphatic hydroxyl groups is 1. The second-order valence-corrected chi connectivity index (χ2v) is 10.2. The van der Waals surface area contributed by atoms with E-state index in [2.05, 4.69) is 27.4 Å². The van der Waals surface area contributed by atoms with E-state index in [1.807, 2.05) is 6.92 Å². The molecule has 1 aliphatic heterocycles. The van der Waals surface area contributed by atoms with Crippen LogP contribution in [0.4, 0.5) is 10.2 Å². The van der Waals surface area contributed by atoms with Crippen LogP contribution < -0.4 is 20.7 Å². The zero-order valence-electron chi connectivity index (χ0n) is 22.0. The molecule has 0 radical (unpaired) electrons. The molecule has 1 aliphatic carbocycles. The summed E-state index contributed by atoms with van der Waals surface area (Å²) in [6, 6.07) is 4.32. The predicted molar refractivity (Wildman–Crippen MR) is 143 cm³/mol. The number of aliphatic hydroxyl groups excluding tert-OH is 1. The number of nitrogens with zero attached hydrogens (tertiary/aromatic N) is 3. The van der Waals surface area contributed by atoms with Crippen molar-refractivity contribution in [2.24, 2.45) is 11.1 Å². The van der Waals surface area contributed by atoms with Crippen LogP contribution in [0.25, 0.3) is 17.0 Å². The number of benzene rings is 1. The first-order valence-electron chi connectivity index (χ1n) is 12.7. The van der Waals surface area contributed by atoms with Gasteiger partial charge in [-0.25, -0.2) is 14.4 Å². The molecule has 0 saturated carbocycles. The molecular weight excluding hydrogens is 473 g/mol. The summed E-state index contributed by atoms with van der Waals surface area (Å²) >= 11 is 0. The highest BCUT2D eigenvalue weighted by Gasteiger charge is 2.43. The molecule has 2 aromatic rings. The van der Waals surface area contributed by atoms with E-state index in [0.717, 1.165) is 37.9 Å². The van der Waals surface area contributed by atoms with E-state index in [-0.39, 0.29) is 29.2 Å². The molecule has 198 valence electrons. The molecule has 4 rings (SSSR count). The number of nitrogens with two attached hydrogens (primary N) is 1. The van der Waals surface area contributed by atoms with Crippen LogP contribution in [0, 0.1) is 18.2 Å². The van der Waals surface area contributed by atoms with E-state index in [0.29, 0.717) is 35.1 Å². The quantitative estimate of drug-likeness (QED) is 0.348. The average molecular weight is 510 g/mol. The summed E-state index contributed by atoms with van der Waals surface area (Å²) in [7, 11) is 1.74. The number of carbonyl (C=O) groups excluding carboxylic acids is 1. The molecule has 9 heteroatoms. The van der Waals surface area contributed by atoms with E-state index in [1.54, 1.807) is 14.0 Å². The SMILES string of the molecule is CNC[C@@H](O)COc1ccc(F)c(-c2nc(C(C(C)=O)=C(C)N)c(C)c(N3CC4(CC=CCC4)C3)n2)c1. The largest absolute Gasteiger partial charge is 0.491 e. The number of carbonyl (C=O) groups is 1. The third-order valence-electron chi connectivity index (χ3n) is 7.08. The Kier molecular flexibility index (Phi) is 7.94. The zero-order chi connectivity index (χ0) is 26.7. The Balaban J connectivity index is 1.76. The fourth-order valence-electron chi connectivity index (χ4n) is 5.20. The van der Waals surface area contributed by atoms with Crippen LogP contribution in [0.5, 0.6) is 5.75 Å². The van der Waals surface area contributed by atoms with Gasteiger partial charge >= 0.3 is 0 Å².